The second-order valence-electron chi connectivity index (χ2n) is 4.09. The third-order valence-electron chi connectivity index (χ3n) is 2.45. The Bertz CT molecular complexity index is 608. The smallest absolute Gasteiger partial charge is 0.258 e. The molecule has 0 saturated heterocycles. The minimum absolute atomic E-state index is 0.00567. The van der Waals surface area contributed by atoms with Crippen LogP contribution in [-0.2, 0) is 0 Å². The van der Waals surface area contributed by atoms with Gasteiger partial charge in [-0.15, -0.1) is 0 Å². The van der Waals surface area contributed by atoms with Crippen molar-refractivity contribution in [1.82, 2.24) is 4.98 Å². The van der Waals surface area contributed by atoms with Gasteiger partial charge in [-0.3, -0.25) is 0 Å². The molecule has 106 valence electrons. The number of benzene rings is 1. The molecule has 2 aromatic rings. The van der Waals surface area contributed by atoms with E-state index in [0.717, 1.165) is 16.1 Å². The van der Waals surface area contributed by atoms with Crippen LogP contribution >= 0.6 is 22.6 Å². The van der Waals surface area contributed by atoms with E-state index in [9.17, 15) is 8.78 Å². The minimum Gasteiger partial charge on any atom is -0.436 e. The van der Waals surface area contributed by atoms with Crippen molar-refractivity contribution in [1.29, 1.82) is 0 Å². The summed E-state index contributed by atoms with van der Waals surface area (Å²) in [6.07, 6.45) is 0.811. The third-order valence-corrected chi connectivity index (χ3v) is 3.12. The molecule has 0 amide bonds. The van der Waals surface area contributed by atoms with Gasteiger partial charge < -0.3 is 10.1 Å². The number of pyridine rings is 1. The highest BCUT2D eigenvalue weighted by Crippen LogP contribution is 2.26. The lowest BCUT2D eigenvalue weighted by Gasteiger charge is -2.10. The maximum Gasteiger partial charge on any atom is 0.258 e. The van der Waals surface area contributed by atoms with Gasteiger partial charge in [-0.25, -0.2) is 8.78 Å². The zero-order chi connectivity index (χ0) is 14.5. The molecule has 0 atom stereocenters. The molecular weight excluding hydrogens is 377 g/mol. The average molecular weight is 390 g/mol. The molecule has 3 nitrogen and oxygen atoms in total. The maximum atomic E-state index is 13.7. The van der Waals surface area contributed by atoms with Gasteiger partial charge >= 0.3 is 0 Å². The molecule has 0 spiro atoms. The first-order chi connectivity index (χ1) is 9.60. The second kappa shape index (κ2) is 6.83. The Labute approximate surface area is 129 Å². The van der Waals surface area contributed by atoms with E-state index in [1.165, 1.54) is 0 Å². The summed E-state index contributed by atoms with van der Waals surface area (Å²) < 4.78 is 33.5. The number of ether oxygens (including phenoxy) is 1. The minimum atomic E-state index is -0.830. The Morgan fingerprint density at radius 2 is 2.05 bits per heavy atom. The molecule has 0 radical (unpaired) electrons. The van der Waals surface area contributed by atoms with Crippen LogP contribution in [0.3, 0.4) is 0 Å². The highest BCUT2D eigenvalue weighted by Gasteiger charge is 2.13. The van der Waals surface area contributed by atoms with Crippen LogP contribution in [0, 0.1) is 15.2 Å². The van der Waals surface area contributed by atoms with Gasteiger partial charge in [-0.05, 0) is 47.2 Å². The Morgan fingerprint density at radius 1 is 1.25 bits per heavy atom. The van der Waals surface area contributed by atoms with Gasteiger partial charge in [-0.1, -0.05) is 13.0 Å². The van der Waals surface area contributed by atoms with Gasteiger partial charge in [0.1, 0.15) is 5.75 Å². The summed E-state index contributed by atoms with van der Waals surface area (Å²) in [5.74, 6) is -1.36. The van der Waals surface area contributed by atoms with Crippen molar-refractivity contribution in [2.45, 2.75) is 13.3 Å². The first-order valence-corrected chi connectivity index (χ1v) is 7.21. The molecule has 1 aromatic heterocycles. The molecule has 0 saturated carbocycles. The summed E-state index contributed by atoms with van der Waals surface area (Å²) >= 11 is 2.12. The predicted octanol–water partition coefficient (Wildman–Crippen LogP) is 4.58. The van der Waals surface area contributed by atoms with Crippen LogP contribution in [0.5, 0.6) is 11.6 Å². The number of nitrogens with one attached hydrogen (secondary N) is 1. The molecule has 1 aromatic carbocycles. The molecule has 0 unspecified atom stereocenters. The van der Waals surface area contributed by atoms with Gasteiger partial charge in [0.15, 0.2) is 17.5 Å². The Morgan fingerprint density at radius 3 is 2.75 bits per heavy atom. The quantitative estimate of drug-likeness (QED) is 0.760. The highest BCUT2D eigenvalue weighted by atomic mass is 127. The molecule has 0 aliphatic rings. The number of hydrogen-bond acceptors (Lipinski definition) is 3. The number of nitrogens with zero attached hydrogens (tertiary/aromatic N) is 1. The van der Waals surface area contributed by atoms with Gasteiger partial charge in [0.2, 0.25) is 0 Å². The number of aromatic nitrogens is 1. The molecule has 0 aliphatic heterocycles. The fraction of sp³-hybridized carbons (Fsp3) is 0.214. The van der Waals surface area contributed by atoms with Crippen molar-refractivity contribution in [2.75, 3.05) is 11.9 Å². The largest absolute Gasteiger partial charge is 0.436 e. The van der Waals surface area contributed by atoms with Crippen LogP contribution in [0.1, 0.15) is 13.3 Å². The molecule has 0 bridgehead atoms. The number of halogens is 3. The molecule has 0 fully saturated rings. The van der Waals surface area contributed by atoms with Crippen molar-refractivity contribution in [3.63, 3.8) is 0 Å². The standard InChI is InChI=1S/C14H13F2IN2O/c1-2-6-18-13-11(15)8-12(16)14(19-13)20-10-5-3-4-9(17)7-10/h3-5,7-8H,2,6H2,1H3,(H,18,19). The highest BCUT2D eigenvalue weighted by molar-refractivity contribution is 14.1. The van der Waals surface area contributed by atoms with Crippen LogP contribution in [0.15, 0.2) is 30.3 Å². The number of hydrogen-bond donors (Lipinski definition) is 1. The lowest BCUT2D eigenvalue weighted by Crippen LogP contribution is -2.06. The van der Waals surface area contributed by atoms with Crippen LogP contribution in [0.25, 0.3) is 0 Å². The van der Waals surface area contributed by atoms with E-state index >= 15 is 0 Å². The second-order valence-corrected chi connectivity index (χ2v) is 5.34. The van der Waals surface area contributed by atoms with Gasteiger partial charge in [0.25, 0.3) is 5.88 Å². The Hall–Kier alpha value is -1.44. The van der Waals surface area contributed by atoms with E-state index in [2.05, 4.69) is 32.9 Å². The average Bonchev–Trinajstić information content (AvgIpc) is 2.40. The monoisotopic (exact) mass is 390 g/mol. The van der Waals surface area contributed by atoms with E-state index in [1.807, 2.05) is 13.0 Å². The summed E-state index contributed by atoms with van der Waals surface area (Å²) in [5, 5.41) is 2.79. The first kappa shape index (κ1) is 15.0. The summed E-state index contributed by atoms with van der Waals surface area (Å²) in [4.78, 5) is 3.85. The van der Waals surface area contributed by atoms with Crippen molar-refractivity contribution < 1.29 is 13.5 Å². The van der Waals surface area contributed by atoms with Crippen molar-refractivity contribution in [3.05, 3.63) is 45.5 Å². The van der Waals surface area contributed by atoms with E-state index in [4.69, 9.17) is 4.74 Å². The Balaban J connectivity index is 2.26. The van der Waals surface area contributed by atoms with Crippen LogP contribution < -0.4 is 10.1 Å². The summed E-state index contributed by atoms with van der Waals surface area (Å²) in [6, 6.07) is 7.87. The van der Waals surface area contributed by atoms with Crippen LogP contribution in [-0.4, -0.2) is 11.5 Å². The number of rotatable bonds is 5. The van der Waals surface area contributed by atoms with E-state index in [-0.39, 0.29) is 11.7 Å². The molecule has 1 N–H and O–H groups in total. The molecule has 20 heavy (non-hydrogen) atoms. The summed E-state index contributed by atoms with van der Waals surface area (Å²) in [5.41, 5.74) is 0. The molecule has 2 rings (SSSR count). The Kier molecular flexibility index (Phi) is 5.11. The van der Waals surface area contributed by atoms with Gasteiger partial charge in [0.05, 0.1) is 0 Å². The van der Waals surface area contributed by atoms with Gasteiger partial charge in [0, 0.05) is 16.2 Å². The van der Waals surface area contributed by atoms with Crippen molar-refractivity contribution in [3.8, 4) is 11.6 Å². The molecular formula is C14H13F2IN2O. The summed E-state index contributed by atoms with van der Waals surface area (Å²) in [6.45, 7) is 2.50. The SMILES string of the molecule is CCCNc1nc(Oc2cccc(I)c2)c(F)cc1F. The normalized spacial score (nSPS) is 10.4. The maximum absolute atomic E-state index is 13.7. The third kappa shape index (κ3) is 3.78. The lowest BCUT2D eigenvalue weighted by atomic mass is 10.3. The lowest BCUT2D eigenvalue weighted by molar-refractivity contribution is 0.417. The zero-order valence-corrected chi connectivity index (χ0v) is 12.9. The molecule has 0 aliphatic carbocycles. The van der Waals surface area contributed by atoms with Crippen molar-refractivity contribution >= 4 is 28.4 Å². The van der Waals surface area contributed by atoms with Crippen molar-refractivity contribution in [2.24, 2.45) is 0 Å². The van der Waals surface area contributed by atoms with Crippen LogP contribution in [0.4, 0.5) is 14.6 Å². The van der Waals surface area contributed by atoms with Gasteiger partial charge in [-0.2, -0.15) is 4.98 Å². The van der Waals surface area contributed by atoms with Crippen LogP contribution in [0.2, 0.25) is 0 Å². The fourth-order valence-electron chi connectivity index (χ4n) is 1.53. The summed E-state index contributed by atoms with van der Waals surface area (Å²) in [7, 11) is 0. The van der Waals surface area contributed by atoms with E-state index in [0.29, 0.717) is 12.3 Å². The molecule has 6 heteroatoms. The predicted molar refractivity (Wildman–Crippen MR) is 82.2 cm³/mol. The van der Waals surface area contributed by atoms with E-state index in [1.54, 1.807) is 18.2 Å². The fourth-order valence-corrected chi connectivity index (χ4v) is 2.05. The zero-order valence-electron chi connectivity index (χ0n) is 10.8. The number of anilines is 1. The topological polar surface area (TPSA) is 34.2 Å². The molecule has 1 heterocycles. The first-order valence-electron chi connectivity index (χ1n) is 6.13. The van der Waals surface area contributed by atoms with E-state index < -0.39 is 11.6 Å².